The van der Waals surface area contributed by atoms with Gasteiger partial charge in [-0.05, 0) is 19.4 Å². The lowest BCUT2D eigenvalue weighted by molar-refractivity contribution is -0.126. The summed E-state index contributed by atoms with van der Waals surface area (Å²) >= 11 is 6.06. The van der Waals surface area contributed by atoms with Crippen LogP contribution >= 0.6 is 11.6 Å². The molecule has 1 aromatic carbocycles. The van der Waals surface area contributed by atoms with Crippen LogP contribution in [-0.4, -0.2) is 30.8 Å². The molecule has 0 spiro atoms. The molecule has 1 heterocycles. The Morgan fingerprint density at radius 3 is 2.95 bits per heavy atom. The van der Waals surface area contributed by atoms with Crippen LogP contribution in [0.1, 0.15) is 18.9 Å². The van der Waals surface area contributed by atoms with Gasteiger partial charge in [-0.15, -0.1) is 0 Å². The van der Waals surface area contributed by atoms with E-state index in [0.717, 1.165) is 6.42 Å². The summed E-state index contributed by atoms with van der Waals surface area (Å²) in [5, 5.41) is 13.7. The first-order valence-corrected chi connectivity index (χ1v) is 6.71. The fourth-order valence-electron chi connectivity index (χ4n) is 2.14. The third kappa shape index (κ3) is 3.47. The summed E-state index contributed by atoms with van der Waals surface area (Å²) in [6.45, 7) is 2.85. The first-order chi connectivity index (χ1) is 9.00. The molecule has 0 radical (unpaired) electrons. The van der Waals surface area contributed by atoms with Gasteiger partial charge in [0.05, 0.1) is 19.1 Å². The quantitative estimate of drug-likeness (QED) is 0.884. The van der Waals surface area contributed by atoms with Gasteiger partial charge in [0, 0.05) is 17.2 Å². The number of ether oxygens (including phenoxy) is 1. The summed E-state index contributed by atoms with van der Waals surface area (Å²) in [6, 6.07) is 7.09. The molecule has 104 valence electrons. The van der Waals surface area contributed by atoms with Crippen molar-refractivity contribution in [2.24, 2.45) is 5.92 Å². The number of nitrogens with one attached hydrogen (secondary N) is 1. The zero-order chi connectivity index (χ0) is 13.9. The lowest BCUT2D eigenvalue weighted by Gasteiger charge is -2.25. The van der Waals surface area contributed by atoms with E-state index in [1.54, 1.807) is 25.1 Å². The van der Waals surface area contributed by atoms with Crippen molar-refractivity contribution in [3.8, 4) is 0 Å². The molecule has 5 heteroatoms. The van der Waals surface area contributed by atoms with E-state index in [9.17, 15) is 9.90 Å². The molecule has 0 unspecified atom stereocenters. The Labute approximate surface area is 117 Å². The zero-order valence-corrected chi connectivity index (χ0v) is 11.6. The van der Waals surface area contributed by atoms with Crippen molar-refractivity contribution in [1.29, 1.82) is 0 Å². The average molecular weight is 284 g/mol. The third-order valence-electron chi connectivity index (χ3n) is 3.36. The highest BCUT2D eigenvalue weighted by Crippen LogP contribution is 2.27. The van der Waals surface area contributed by atoms with Gasteiger partial charge >= 0.3 is 0 Å². The highest BCUT2D eigenvalue weighted by molar-refractivity contribution is 6.31. The van der Waals surface area contributed by atoms with Crippen molar-refractivity contribution in [3.63, 3.8) is 0 Å². The molecular formula is C14H18ClNO3. The molecule has 0 saturated carbocycles. The maximum Gasteiger partial charge on any atom is 0.225 e. The maximum atomic E-state index is 11.9. The molecule has 1 aliphatic heterocycles. The molecule has 2 atom stereocenters. The molecule has 1 saturated heterocycles. The van der Waals surface area contributed by atoms with E-state index in [-0.39, 0.29) is 18.4 Å². The van der Waals surface area contributed by atoms with Crippen LogP contribution in [0.2, 0.25) is 5.02 Å². The zero-order valence-electron chi connectivity index (χ0n) is 10.9. The summed E-state index contributed by atoms with van der Waals surface area (Å²) in [4.78, 5) is 11.9. The van der Waals surface area contributed by atoms with Gasteiger partial charge in [0.1, 0.15) is 5.60 Å². The van der Waals surface area contributed by atoms with Crippen LogP contribution in [0.4, 0.5) is 0 Å². The van der Waals surface area contributed by atoms with E-state index in [4.69, 9.17) is 16.3 Å². The minimum Gasteiger partial charge on any atom is -0.384 e. The minimum atomic E-state index is -1.19. The predicted octanol–water partition coefficient (Wildman–Crippen LogP) is 1.70. The summed E-state index contributed by atoms with van der Waals surface area (Å²) in [5.74, 6) is -0.188. The first kappa shape index (κ1) is 14.3. The molecule has 2 N–H and O–H groups in total. The first-order valence-electron chi connectivity index (χ1n) is 6.33. The van der Waals surface area contributed by atoms with E-state index in [1.807, 2.05) is 6.07 Å². The number of hydrogen-bond donors (Lipinski definition) is 2. The fourth-order valence-corrected chi connectivity index (χ4v) is 2.48. The molecule has 0 aliphatic carbocycles. The average Bonchev–Trinajstić information content (AvgIpc) is 2.90. The van der Waals surface area contributed by atoms with Gasteiger partial charge in [0.15, 0.2) is 0 Å². The molecule has 19 heavy (non-hydrogen) atoms. The molecule has 2 rings (SSSR count). The number of rotatable bonds is 4. The van der Waals surface area contributed by atoms with Gasteiger partial charge < -0.3 is 15.2 Å². The van der Waals surface area contributed by atoms with Crippen LogP contribution in [0.25, 0.3) is 0 Å². The standard InChI is InChI=1S/C14H18ClNO3/c1-14(18,11-4-2-3-5-12(11)15)9-16-13(17)10-6-7-19-8-10/h2-5,10,18H,6-9H2,1H3,(H,16,17)/t10-,14+/m0/s1. The fraction of sp³-hybridized carbons (Fsp3) is 0.500. The molecule has 0 aromatic heterocycles. The molecular weight excluding hydrogens is 266 g/mol. The Balaban J connectivity index is 1.97. The Morgan fingerprint density at radius 1 is 1.58 bits per heavy atom. The van der Waals surface area contributed by atoms with Gasteiger partial charge in [0.25, 0.3) is 0 Å². The second kappa shape index (κ2) is 5.90. The van der Waals surface area contributed by atoms with Crippen molar-refractivity contribution in [1.82, 2.24) is 5.32 Å². The van der Waals surface area contributed by atoms with Crippen molar-refractivity contribution in [2.45, 2.75) is 18.9 Å². The van der Waals surface area contributed by atoms with Crippen LogP contribution in [0.15, 0.2) is 24.3 Å². The number of aliphatic hydroxyl groups is 1. The SMILES string of the molecule is C[C@@](O)(CNC(=O)[C@H]1CCOC1)c1ccccc1Cl. The Bertz CT molecular complexity index is 456. The molecule has 0 bridgehead atoms. The van der Waals surface area contributed by atoms with Crippen LogP contribution < -0.4 is 5.32 Å². The number of benzene rings is 1. The molecule has 1 amide bonds. The number of carbonyl (C=O) groups excluding carboxylic acids is 1. The number of carbonyl (C=O) groups is 1. The van der Waals surface area contributed by atoms with E-state index in [1.165, 1.54) is 0 Å². The Kier molecular flexibility index (Phi) is 4.45. The number of amides is 1. The second-order valence-corrected chi connectivity index (χ2v) is 5.44. The van der Waals surface area contributed by atoms with Gasteiger partial charge in [-0.25, -0.2) is 0 Å². The van der Waals surface area contributed by atoms with Crippen LogP contribution in [0, 0.1) is 5.92 Å². The van der Waals surface area contributed by atoms with Crippen LogP contribution in [0.5, 0.6) is 0 Å². The van der Waals surface area contributed by atoms with E-state index in [0.29, 0.717) is 23.8 Å². The maximum absolute atomic E-state index is 11.9. The van der Waals surface area contributed by atoms with E-state index >= 15 is 0 Å². The van der Waals surface area contributed by atoms with Crippen molar-refractivity contribution in [3.05, 3.63) is 34.9 Å². The van der Waals surface area contributed by atoms with Gasteiger partial charge in [-0.1, -0.05) is 29.8 Å². The third-order valence-corrected chi connectivity index (χ3v) is 3.69. The number of hydrogen-bond acceptors (Lipinski definition) is 3. The van der Waals surface area contributed by atoms with Crippen molar-refractivity contribution >= 4 is 17.5 Å². The lowest BCUT2D eigenvalue weighted by atomic mass is 9.95. The van der Waals surface area contributed by atoms with Gasteiger partial charge in [-0.3, -0.25) is 4.79 Å². The van der Waals surface area contributed by atoms with Gasteiger partial charge in [0.2, 0.25) is 5.91 Å². The molecule has 1 aromatic rings. The number of halogens is 1. The monoisotopic (exact) mass is 283 g/mol. The summed E-state index contributed by atoms with van der Waals surface area (Å²) in [7, 11) is 0. The van der Waals surface area contributed by atoms with Crippen LogP contribution in [-0.2, 0) is 15.1 Å². The van der Waals surface area contributed by atoms with E-state index < -0.39 is 5.60 Å². The van der Waals surface area contributed by atoms with Crippen molar-refractivity contribution < 1.29 is 14.6 Å². The predicted molar refractivity (Wildman–Crippen MR) is 73.0 cm³/mol. The highest BCUT2D eigenvalue weighted by Gasteiger charge is 2.29. The smallest absolute Gasteiger partial charge is 0.225 e. The van der Waals surface area contributed by atoms with E-state index in [2.05, 4.69) is 5.32 Å². The molecule has 4 nitrogen and oxygen atoms in total. The summed E-state index contributed by atoms with van der Waals surface area (Å²) < 4.78 is 5.17. The van der Waals surface area contributed by atoms with Crippen molar-refractivity contribution in [2.75, 3.05) is 19.8 Å². The van der Waals surface area contributed by atoms with Crippen LogP contribution in [0.3, 0.4) is 0 Å². The Morgan fingerprint density at radius 2 is 2.32 bits per heavy atom. The normalized spacial score (nSPS) is 21.9. The molecule has 1 aliphatic rings. The highest BCUT2D eigenvalue weighted by atomic mass is 35.5. The lowest BCUT2D eigenvalue weighted by Crippen LogP contribution is -2.41. The van der Waals surface area contributed by atoms with Gasteiger partial charge in [-0.2, -0.15) is 0 Å². The molecule has 1 fully saturated rings. The topological polar surface area (TPSA) is 58.6 Å². The second-order valence-electron chi connectivity index (χ2n) is 5.03. The minimum absolute atomic E-state index is 0.0789. The largest absolute Gasteiger partial charge is 0.384 e. The summed E-state index contributed by atoms with van der Waals surface area (Å²) in [5.41, 5.74) is -0.576. The Hall–Kier alpha value is -1.10. The summed E-state index contributed by atoms with van der Waals surface area (Å²) in [6.07, 6.45) is 0.736.